The summed E-state index contributed by atoms with van der Waals surface area (Å²) in [4.78, 5) is 52.3. The summed E-state index contributed by atoms with van der Waals surface area (Å²) < 4.78 is 67.7. The molecule has 0 radical (unpaired) electrons. The fourth-order valence-corrected chi connectivity index (χ4v) is 4.19. The van der Waals surface area contributed by atoms with Gasteiger partial charge in [0.15, 0.2) is 5.78 Å². The zero-order valence-corrected chi connectivity index (χ0v) is 20.3. The molecule has 202 valence electrons. The zero-order valence-electron chi connectivity index (χ0n) is 20.3. The van der Waals surface area contributed by atoms with Gasteiger partial charge in [-0.3, -0.25) is 9.59 Å². The van der Waals surface area contributed by atoms with Crippen LogP contribution >= 0.6 is 0 Å². The molecule has 4 rings (SSSR count). The topological polar surface area (TPSA) is 95.0 Å². The number of aromatic carboxylic acids is 1. The molecule has 3 aromatic carbocycles. The number of alkyl halides is 3. The van der Waals surface area contributed by atoms with E-state index in [0.717, 1.165) is 23.1 Å². The van der Waals surface area contributed by atoms with Crippen molar-refractivity contribution in [3.63, 3.8) is 0 Å². The van der Waals surface area contributed by atoms with E-state index in [4.69, 9.17) is 5.11 Å². The number of imide groups is 1. The minimum Gasteiger partial charge on any atom is -0.478 e. The predicted octanol–water partition coefficient (Wildman–Crippen LogP) is 5.66. The second-order valence-corrected chi connectivity index (χ2v) is 9.24. The van der Waals surface area contributed by atoms with E-state index in [0.29, 0.717) is 17.0 Å². The zero-order chi connectivity index (χ0) is 28.9. The van der Waals surface area contributed by atoms with Gasteiger partial charge in [0.25, 0.3) is 5.91 Å². The summed E-state index contributed by atoms with van der Waals surface area (Å²) in [5, 5.41) is 9.06. The van der Waals surface area contributed by atoms with Crippen molar-refractivity contribution >= 4 is 29.4 Å². The number of amides is 3. The van der Waals surface area contributed by atoms with Crippen molar-refractivity contribution in [2.45, 2.75) is 32.1 Å². The van der Waals surface area contributed by atoms with Crippen LogP contribution in [0.1, 0.15) is 51.3 Å². The second-order valence-electron chi connectivity index (χ2n) is 9.24. The van der Waals surface area contributed by atoms with Crippen LogP contribution in [0.3, 0.4) is 0 Å². The van der Waals surface area contributed by atoms with Crippen LogP contribution in [0.4, 0.5) is 32.4 Å². The van der Waals surface area contributed by atoms with E-state index < -0.39 is 64.8 Å². The van der Waals surface area contributed by atoms with E-state index >= 15 is 0 Å². The Morgan fingerprint density at radius 3 is 2.10 bits per heavy atom. The number of halogens is 5. The highest BCUT2D eigenvalue weighted by Crippen LogP contribution is 2.38. The molecule has 1 fully saturated rings. The third-order valence-electron chi connectivity index (χ3n) is 6.38. The molecule has 39 heavy (non-hydrogen) atoms. The van der Waals surface area contributed by atoms with E-state index in [1.54, 1.807) is 0 Å². The number of urea groups is 1. The average molecular weight is 546 g/mol. The van der Waals surface area contributed by atoms with Crippen molar-refractivity contribution in [3.05, 3.63) is 100 Å². The molecule has 3 amide bonds. The number of carbonyl (C=O) groups excluding carboxylic acids is 3. The highest BCUT2D eigenvalue weighted by molar-refractivity contribution is 6.23. The number of hydrogen-bond acceptors (Lipinski definition) is 4. The van der Waals surface area contributed by atoms with Gasteiger partial charge in [-0.25, -0.2) is 23.3 Å². The van der Waals surface area contributed by atoms with Crippen LogP contribution < -0.4 is 4.90 Å². The predicted molar refractivity (Wildman–Crippen MR) is 127 cm³/mol. The van der Waals surface area contributed by atoms with Gasteiger partial charge in [0, 0.05) is 17.7 Å². The molecule has 0 atom stereocenters. The number of hydrogen-bond donors (Lipinski definition) is 1. The molecule has 0 saturated carbocycles. The van der Waals surface area contributed by atoms with Crippen molar-refractivity contribution in [1.29, 1.82) is 0 Å². The van der Waals surface area contributed by atoms with Gasteiger partial charge in [0.2, 0.25) is 0 Å². The summed E-state index contributed by atoms with van der Waals surface area (Å²) in [6.45, 7) is 2.28. The molecule has 0 unspecified atom stereocenters. The Bertz CT molecular complexity index is 1520. The van der Waals surface area contributed by atoms with Gasteiger partial charge in [-0.15, -0.1) is 0 Å². The van der Waals surface area contributed by atoms with Crippen LogP contribution in [-0.4, -0.2) is 39.2 Å². The van der Waals surface area contributed by atoms with E-state index in [-0.39, 0.29) is 22.3 Å². The van der Waals surface area contributed by atoms with Gasteiger partial charge < -0.3 is 10.0 Å². The maximum Gasteiger partial charge on any atom is 0.419 e. The molecule has 1 aliphatic rings. The van der Waals surface area contributed by atoms with Gasteiger partial charge in [-0.05, 0) is 61.9 Å². The maximum atomic E-state index is 14.2. The molecule has 1 saturated heterocycles. The minimum atomic E-state index is -5.08. The largest absolute Gasteiger partial charge is 0.478 e. The lowest BCUT2D eigenvalue weighted by molar-refractivity contribution is -0.140. The normalized spacial score (nSPS) is 15.2. The second kappa shape index (κ2) is 9.61. The number of ketones is 1. The van der Waals surface area contributed by atoms with Gasteiger partial charge >= 0.3 is 18.2 Å². The van der Waals surface area contributed by atoms with Crippen LogP contribution in [0, 0.1) is 11.6 Å². The monoisotopic (exact) mass is 546 g/mol. The van der Waals surface area contributed by atoms with Crippen molar-refractivity contribution in [2.75, 3.05) is 4.90 Å². The summed E-state index contributed by atoms with van der Waals surface area (Å²) in [7, 11) is 0. The first kappa shape index (κ1) is 27.4. The number of benzene rings is 3. The fraction of sp³-hybridized carbons (Fsp3) is 0.185. The Morgan fingerprint density at radius 2 is 1.51 bits per heavy atom. The van der Waals surface area contributed by atoms with E-state index in [1.807, 2.05) is 0 Å². The Kier molecular flexibility index (Phi) is 6.75. The number of rotatable bonds is 6. The van der Waals surface area contributed by atoms with Gasteiger partial charge in [0.05, 0.1) is 16.8 Å². The summed E-state index contributed by atoms with van der Waals surface area (Å²) in [6, 6.07) is 8.74. The van der Waals surface area contributed by atoms with Gasteiger partial charge in [0.1, 0.15) is 17.2 Å². The smallest absolute Gasteiger partial charge is 0.419 e. The van der Waals surface area contributed by atoms with E-state index in [9.17, 15) is 41.1 Å². The molecule has 12 heteroatoms. The number of carboxylic acids is 1. The van der Waals surface area contributed by atoms with Gasteiger partial charge in [-0.1, -0.05) is 18.2 Å². The van der Waals surface area contributed by atoms with Crippen LogP contribution in [0.5, 0.6) is 0 Å². The minimum absolute atomic E-state index is 0.0301. The molecule has 1 N–H and O–H groups in total. The van der Waals surface area contributed by atoms with Crippen molar-refractivity contribution in [2.24, 2.45) is 0 Å². The Morgan fingerprint density at radius 1 is 0.897 bits per heavy atom. The van der Waals surface area contributed by atoms with E-state index in [2.05, 4.69) is 0 Å². The van der Waals surface area contributed by atoms with Crippen LogP contribution in [0.25, 0.3) is 0 Å². The molecule has 0 aromatic heterocycles. The van der Waals surface area contributed by atoms with Crippen molar-refractivity contribution < 1.29 is 46.2 Å². The Hall–Kier alpha value is -4.61. The molecule has 0 bridgehead atoms. The quantitative estimate of drug-likeness (QED) is 0.245. The SMILES string of the molecule is CC1(C)C(=O)N(c2ccc(F)c(C(F)(F)F)c2)C(=O)N1Cc1ccc(F)cc1C(=O)c1ccc(C(=O)O)cc1. The third-order valence-corrected chi connectivity index (χ3v) is 6.38. The summed E-state index contributed by atoms with van der Waals surface area (Å²) in [5.41, 5.74) is -3.86. The lowest BCUT2D eigenvalue weighted by atomic mass is 9.96. The summed E-state index contributed by atoms with van der Waals surface area (Å²) in [6.07, 6.45) is -5.08. The van der Waals surface area contributed by atoms with E-state index in [1.165, 1.54) is 44.2 Å². The lowest BCUT2D eigenvalue weighted by Gasteiger charge is -2.28. The highest BCUT2D eigenvalue weighted by Gasteiger charge is 2.52. The fourth-order valence-electron chi connectivity index (χ4n) is 4.19. The number of carbonyl (C=O) groups is 4. The molecule has 0 spiro atoms. The van der Waals surface area contributed by atoms with Crippen LogP contribution in [0.15, 0.2) is 60.7 Å². The lowest BCUT2D eigenvalue weighted by Crippen LogP contribution is -2.43. The number of nitrogens with zero attached hydrogens (tertiary/aromatic N) is 2. The molecule has 0 aliphatic carbocycles. The molecule has 7 nitrogen and oxygen atoms in total. The molecule has 3 aromatic rings. The first-order valence-electron chi connectivity index (χ1n) is 11.3. The van der Waals surface area contributed by atoms with Gasteiger partial charge in [-0.2, -0.15) is 13.2 Å². The summed E-state index contributed by atoms with van der Waals surface area (Å²) >= 11 is 0. The van der Waals surface area contributed by atoms with Crippen molar-refractivity contribution in [3.8, 4) is 0 Å². The third kappa shape index (κ3) is 4.97. The molecular formula is C27H19F5N2O5. The standard InChI is InChI=1S/C27H19F5N2O5/c1-26(2)24(38)34(18-9-10-21(29)20(12-18)27(30,31)32)25(39)33(26)13-16-7-8-17(28)11-19(16)22(35)14-3-5-15(6-4-14)23(36)37/h3-12H,13H2,1-2H3,(H,36,37). The molecule has 1 aliphatic heterocycles. The number of carboxylic acid groups (broad SMARTS) is 1. The Balaban J connectivity index is 1.71. The van der Waals surface area contributed by atoms with Crippen molar-refractivity contribution in [1.82, 2.24) is 4.90 Å². The maximum absolute atomic E-state index is 14.2. The van der Waals surface area contributed by atoms with Crippen LogP contribution in [-0.2, 0) is 17.5 Å². The number of anilines is 1. The highest BCUT2D eigenvalue weighted by atomic mass is 19.4. The Labute approximate surface area is 218 Å². The molecular weight excluding hydrogens is 527 g/mol. The average Bonchev–Trinajstić information content (AvgIpc) is 3.03. The summed E-state index contributed by atoms with van der Waals surface area (Å²) in [5.74, 6) is -5.16. The first-order chi connectivity index (χ1) is 18.1. The van der Waals surface area contributed by atoms with Crippen LogP contribution in [0.2, 0.25) is 0 Å². The molecule has 1 heterocycles. The first-order valence-corrected chi connectivity index (χ1v) is 11.3.